The zero-order chi connectivity index (χ0) is 22.5. The van der Waals surface area contributed by atoms with Gasteiger partial charge in [0.2, 0.25) is 0 Å². The molecule has 5 heteroatoms. The number of rotatable bonds is 2. The smallest absolute Gasteiger partial charge is 0.172 e. The van der Waals surface area contributed by atoms with Gasteiger partial charge in [-0.05, 0) is 86.9 Å². The van der Waals surface area contributed by atoms with Gasteiger partial charge >= 0.3 is 0 Å². The summed E-state index contributed by atoms with van der Waals surface area (Å²) in [6, 6.07) is 0. The lowest BCUT2D eigenvalue weighted by Crippen LogP contribution is -2.65. The molecule has 4 unspecified atom stereocenters. The van der Waals surface area contributed by atoms with E-state index in [1.165, 1.54) is 32.0 Å². The fourth-order valence-corrected chi connectivity index (χ4v) is 10.1. The topological polar surface area (TPSA) is 54.0 Å². The molecule has 0 radical (unpaired) electrons. The molecular formula is C27H42O5. The van der Waals surface area contributed by atoms with Gasteiger partial charge in [-0.15, -0.1) is 0 Å². The van der Waals surface area contributed by atoms with Gasteiger partial charge in [0.15, 0.2) is 11.6 Å². The lowest BCUT2D eigenvalue weighted by Gasteiger charge is -2.65. The number of carbonyl (C=O) groups excluding carboxylic acids is 1. The third-order valence-electron chi connectivity index (χ3n) is 11.2. The van der Waals surface area contributed by atoms with Crippen LogP contribution in [0.1, 0.15) is 79.6 Å². The lowest BCUT2D eigenvalue weighted by atomic mass is 9.43. The third kappa shape index (κ3) is 2.86. The summed E-state index contributed by atoms with van der Waals surface area (Å²) in [6.07, 6.45) is 9.48. The molecule has 4 saturated carbocycles. The van der Waals surface area contributed by atoms with Crippen LogP contribution in [0.15, 0.2) is 0 Å². The first-order valence-corrected chi connectivity index (χ1v) is 13.2. The number of hydrogen-bond donors (Lipinski definition) is 0. The van der Waals surface area contributed by atoms with Gasteiger partial charge in [0, 0.05) is 18.3 Å². The van der Waals surface area contributed by atoms with E-state index in [9.17, 15) is 4.79 Å². The molecule has 1 spiro atoms. The molecule has 5 nitrogen and oxygen atoms in total. The number of aldehydes is 1. The third-order valence-corrected chi connectivity index (χ3v) is 11.2. The first-order chi connectivity index (χ1) is 15.1. The first kappa shape index (κ1) is 22.0. The van der Waals surface area contributed by atoms with E-state index in [2.05, 4.69) is 34.6 Å². The van der Waals surface area contributed by atoms with Gasteiger partial charge in [-0.25, -0.2) is 0 Å². The molecule has 0 N–H and O–H groups in total. The van der Waals surface area contributed by atoms with E-state index >= 15 is 0 Å². The lowest BCUT2D eigenvalue weighted by molar-refractivity contribution is -0.300. The highest BCUT2D eigenvalue weighted by Gasteiger charge is 2.70. The van der Waals surface area contributed by atoms with Crippen molar-refractivity contribution < 1.29 is 23.7 Å². The van der Waals surface area contributed by atoms with Crippen molar-refractivity contribution in [2.24, 2.45) is 46.3 Å². The average Bonchev–Trinajstić information content (AvgIpc) is 3.40. The molecule has 10 atom stereocenters. The van der Waals surface area contributed by atoms with E-state index in [0.717, 1.165) is 19.3 Å². The van der Waals surface area contributed by atoms with Crippen molar-refractivity contribution in [3.63, 3.8) is 0 Å². The monoisotopic (exact) mass is 446 g/mol. The molecule has 6 rings (SSSR count). The molecule has 0 aromatic carbocycles. The van der Waals surface area contributed by atoms with E-state index in [4.69, 9.17) is 18.9 Å². The van der Waals surface area contributed by atoms with Crippen LogP contribution in [-0.2, 0) is 23.7 Å². The number of carbonyl (C=O) groups is 1. The van der Waals surface area contributed by atoms with Crippen molar-refractivity contribution in [2.75, 3.05) is 13.2 Å². The highest BCUT2D eigenvalue weighted by Crippen LogP contribution is 2.71. The Bertz CT molecular complexity index is 774. The van der Waals surface area contributed by atoms with Gasteiger partial charge < -0.3 is 23.7 Å². The zero-order valence-corrected chi connectivity index (χ0v) is 20.6. The summed E-state index contributed by atoms with van der Waals surface area (Å²) >= 11 is 0. The van der Waals surface area contributed by atoms with E-state index in [1.807, 2.05) is 0 Å². The van der Waals surface area contributed by atoms with Crippen LogP contribution >= 0.6 is 0 Å². The second kappa shape index (κ2) is 7.02. The summed E-state index contributed by atoms with van der Waals surface area (Å²) in [7, 11) is 0. The van der Waals surface area contributed by atoms with Crippen molar-refractivity contribution in [1.82, 2.24) is 0 Å². The maximum Gasteiger partial charge on any atom is 0.172 e. The fourth-order valence-electron chi connectivity index (χ4n) is 10.1. The number of fused-ring (bicyclic) bond motifs is 7. The van der Waals surface area contributed by atoms with Crippen LogP contribution in [-0.4, -0.2) is 43.3 Å². The summed E-state index contributed by atoms with van der Waals surface area (Å²) in [5, 5.41) is 0. The zero-order valence-electron chi connectivity index (χ0n) is 20.6. The maximum atomic E-state index is 11.7. The van der Waals surface area contributed by atoms with Crippen molar-refractivity contribution >= 4 is 6.29 Å². The number of hydrogen-bond acceptors (Lipinski definition) is 5. The minimum Gasteiger partial charge on any atom is -0.347 e. The summed E-state index contributed by atoms with van der Waals surface area (Å²) in [4.78, 5) is 11.7. The molecular weight excluding hydrogens is 404 g/mol. The van der Waals surface area contributed by atoms with Crippen molar-refractivity contribution in [2.45, 2.75) is 103 Å². The molecule has 6 fully saturated rings. The fraction of sp³-hybridized carbons (Fsp3) is 0.963. The minimum atomic E-state index is -0.502. The predicted molar refractivity (Wildman–Crippen MR) is 120 cm³/mol. The average molecular weight is 447 g/mol. The molecule has 180 valence electrons. The highest BCUT2D eigenvalue weighted by atomic mass is 16.8. The molecule has 2 heterocycles. The first-order valence-electron chi connectivity index (χ1n) is 13.2. The molecule has 6 aliphatic rings. The summed E-state index contributed by atoms with van der Waals surface area (Å²) in [5.41, 5.74) is 0.393. The summed E-state index contributed by atoms with van der Waals surface area (Å²) < 4.78 is 25.9. The quantitative estimate of drug-likeness (QED) is 0.561. The largest absolute Gasteiger partial charge is 0.347 e. The van der Waals surface area contributed by atoms with Gasteiger partial charge in [0.1, 0.15) is 6.29 Å². The Labute approximate surface area is 193 Å². The van der Waals surface area contributed by atoms with Gasteiger partial charge in [-0.1, -0.05) is 20.8 Å². The summed E-state index contributed by atoms with van der Waals surface area (Å²) in [5.74, 6) is 1.98. The van der Waals surface area contributed by atoms with E-state index < -0.39 is 11.6 Å². The van der Waals surface area contributed by atoms with Crippen LogP contribution in [0.25, 0.3) is 0 Å². The van der Waals surface area contributed by atoms with Crippen LogP contribution in [0.5, 0.6) is 0 Å². The maximum absolute atomic E-state index is 11.7. The van der Waals surface area contributed by atoms with E-state index in [-0.39, 0.29) is 29.0 Å². The Morgan fingerprint density at radius 3 is 2.28 bits per heavy atom. The van der Waals surface area contributed by atoms with Crippen LogP contribution in [0.4, 0.5) is 0 Å². The molecule has 0 aromatic heterocycles. The van der Waals surface area contributed by atoms with Crippen LogP contribution in [0.3, 0.4) is 0 Å². The molecule has 2 saturated heterocycles. The second-order valence-corrected chi connectivity index (χ2v) is 13.0. The van der Waals surface area contributed by atoms with Crippen LogP contribution < -0.4 is 0 Å². The molecule has 32 heavy (non-hydrogen) atoms. The molecule has 4 aliphatic carbocycles. The van der Waals surface area contributed by atoms with Gasteiger partial charge in [0.25, 0.3) is 0 Å². The van der Waals surface area contributed by atoms with Crippen LogP contribution in [0, 0.1) is 46.3 Å². The van der Waals surface area contributed by atoms with Gasteiger partial charge in [-0.2, -0.15) is 0 Å². The van der Waals surface area contributed by atoms with Gasteiger partial charge in [0.05, 0.1) is 25.4 Å². The minimum absolute atomic E-state index is 0.133. The Kier molecular flexibility index (Phi) is 4.83. The van der Waals surface area contributed by atoms with E-state index in [0.29, 0.717) is 42.8 Å². The second-order valence-electron chi connectivity index (χ2n) is 13.0. The predicted octanol–water partition coefficient (Wildman–Crippen LogP) is 4.96. The van der Waals surface area contributed by atoms with E-state index in [1.54, 1.807) is 0 Å². The Balaban J connectivity index is 1.37. The molecule has 0 aromatic rings. The van der Waals surface area contributed by atoms with Crippen LogP contribution in [0.2, 0.25) is 0 Å². The Morgan fingerprint density at radius 1 is 0.875 bits per heavy atom. The van der Waals surface area contributed by atoms with Crippen molar-refractivity contribution in [3.05, 3.63) is 0 Å². The molecule has 2 aliphatic heterocycles. The normalized spacial score (nSPS) is 53.8. The highest BCUT2D eigenvalue weighted by molar-refractivity contribution is 5.53. The SMILES string of the molecule is C[C@H](C=O)[C@H]1CCC2C3CC4(OCCO4)[C@H]4CC5OC(C)(C)O[C@@H]5C[C@]4(C)C3CC[C@@]21C. The van der Waals surface area contributed by atoms with Gasteiger partial charge in [-0.3, -0.25) is 0 Å². The number of ether oxygens (including phenoxy) is 4. The summed E-state index contributed by atoms with van der Waals surface area (Å²) in [6.45, 7) is 12.7. The Morgan fingerprint density at radius 2 is 1.56 bits per heavy atom. The van der Waals surface area contributed by atoms with Crippen molar-refractivity contribution in [1.29, 1.82) is 0 Å². The molecule has 0 bridgehead atoms. The van der Waals surface area contributed by atoms with Crippen molar-refractivity contribution in [3.8, 4) is 0 Å². The standard InChI is InChI=1S/C27H42O5/c1-16(15-28)18-6-7-19-17-13-27(29-10-11-30-27)23-12-21-22(32-24(2,3)31-21)14-26(23,5)20(17)8-9-25(18,19)4/h15-23H,6-14H2,1-5H3/t16-,17?,18-,19?,20?,21?,22-,23+,25-,26-/m1/s1. The Hall–Kier alpha value is -0.490. The molecule has 0 amide bonds.